The van der Waals surface area contributed by atoms with Crippen LogP contribution in [-0.2, 0) is 9.59 Å². The third-order valence-corrected chi connectivity index (χ3v) is 5.62. The van der Waals surface area contributed by atoms with Gasteiger partial charge >= 0.3 is 0 Å². The highest BCUT2D eigenvalue weighted by molar-refractivity contribution is 8.15. The Hall–Kier alpha value is -2.55. The number of nitrogens with zero attached hydrogens (tertiary/aromatic N) is 1. The number of hydrogen-bond donors (Lipinski definition) is 6. The molecule has 0 radical (unpaired) electrons. The van der Waals surface area contributed by atoms with Gasteiger partial charge in [0.2, 0.25) is 11.8 Å². The zero-order valence-corrected chi connectivity index (χ0v) is 17.6. The first-order valence-electron chi connectivity index (χ1n) is 8.87. The third-order valence-electron chi connectivity index (χ3n) is 4.30. The van der Waals surface area contributed by atoms with E-state index in [1.807, 2.05) is 6.92 Å². The van der Waals surface area contributed by atoms with Crippen molar-refractivity contribution in [1.29, 1.82) is 0 Å². The fourth-order valence-electron chi connectivity index (χ4n) is 2.78. The Morgan fingerprint density at radius 1 is 1.26 bits per heavy atom. The summed E-state index contributed by atoms with van der Waals surface area (Å²) in [7, 11) is 0. The van der Waals surface area contributed by atoms with E-state index in [1.54, 1.807) is 18.2 Å². The van der Waals surface area contributed by atoms with Crippen LogP contribution in [0.5, 0.6) is 0 Å². The van der Waals surface area contributed by atoms with Gasteiger partial charge in [-0.05, 0) is 36.8 Å². The van der Waals surface area contributed by atoms with E-state index >= 15 is 0 Å². The molecule has 1 saturated heterocycles. The molecule has 3 unspecified atom stereocenters. The van der Waals surface area contributed by atoms with E-state index < -0.39 is 27.5 Å². The quantitative estimate of drug-likeness (QED) is 0.340. The summed E-state index contributed by atoms with van der Waals surface area (Å²) in [5.74, 6) is -0.993. The van der Waals surface area contributed by atoms with Gasteiger partial charge in [-0.1, -0.05) is 23.4 Å². The average Bonchev–Trinajstić information content (AvgIpc) is 3.02. The summed E-state index contributed by atoms with van der Waals surface area (Å²) in [6, 6.07) is 8.46. The summed E-state index contributed by atoms with van der Waals surface area (Å²) in [4.78, 5) is 29.0. The standard InChI is InChI=1S/C18H18ClN5O6S/c1-9-6-10(19)2-4-12(9)21-18-22-17(26)15(31-18)8-16(25)20-13-5-3-11(23(27)28)7-14(13)24(29)30/h2-7,15,23-24,27,29H,8H2,1H3,(H,20,25)(H,21,22,26). The number of nitrogens with one attached hydrogen (secondary N) is 4. The predicted octanol–water partition coefficient (Wildman–Crippen LogP) is 0.703. The van der Waals surface area contributed by atoms with Crippen molar-refractivity contribution in [1.82, 2.24) is 5.32 Å². The Morgan fingerprint density at radius 2 is 2.00 bits per heavy atom. The SMILES string of the molecule is Cc1cc(Cl)ccc1N=C1NC(=O)C(CC(=O)Nc2ccc([NH+]([O-])O)cc2[NH+]([O-])O)S1. The first-order valence-corrected chi connectivity index (χ1v) is 10.1. The Morgan fingerprint density at radius 3 is 2.65 bits per heavy atom. The molecule has 0 aromatic heterocycles. The van der Waals surface area contributed by atoms with Gasteiger partial charge in [-0.15, -0.1) is 0 Å². The highest BCUT2D eigenvalue weighted by Gasteiger charge is 2.32. The van der Waals surface area contributed by atoms with Crippen LogP contribution in [-0.4, -0.2) is 32.6 Å². The summed E-state index contributed by atoms with van der Waals surface area (Å²) in [5, 5.41) is 43.2. The lowest BCUT2D eigenvalue weighted by atomic mass is 10.2. The maximum absolute atomic E-state index is 12.4. The minimum Gasteiger partial charge on any atom is -0.595 e. The molecular weight excluding hydrogens is 450 g/mol. The van der Waals surface area contributed by atoms with E-state index in [9.17, 15) is 25.2 Å². The molecule has 3 rings (SSSR count). The summed E-state index contributed by atoms with van der Waals surface area (Å²) < 4.78 is 0. The Kier molecular flexibility index (Phi) is 7.25. The normalized spacial score (nSPS) is 19.2. The molecular formula is C18H18ClN5O6S. The molecule has 13 heteroatoms. The summed E-state index contributed by atoms with van der Waals surface area (Å²) >= 11 is 7.01. The number of anilines is 1. The molecule has 0 bridgehead atoms. The van der Waals surface area contributed by atoms with Crippen LogP contribution in [0.15, 0.2) is 41.4 Å². The number of carbonyl (C=O) groups excluding carboxylic acids is 2. The van der Waals surface area contributed by atoms with E-state index in [2.05, 4.69) is 15.6 Å². The van der Waals surface area contributed by atoms with Crippen LogP contribution >= 0.6 is 23.4 Å². The van der Waals surface area contributed by atoms with Crippen molar-refractivity contribution < 1.29 is 30.5 Å². The highest BCUT2D eigenvalue weighted by Crippen LogP contribution is 2.29. The number of rotatable bonds is 6. The highest BCUT2D eigenvalue weighted by atomic mass is 35.5. The number of quaternary nitrogens is 2. The molecule has 2 amide bonds. The molecule has 0 spiro atoms. The zero-order valence-electron chi connectivity index (χ0n) is 16.0. The van der Waals surface area contributed by atoms with Crippen molar-refractivity contribution in [3.05, 3.63) is 57.4 Å². The van der Waals surface area contributed by atoms with Crippen molar-refractivity contribution in [3.8, 4) is 0 Å². The third kappa shape index (κ3) is 5.78. The second kappa shape index (κ2) is 9.72. The first-order chi connectivity index (χ1) is 14.6. The molecule has 1 fully saturated rings. The first kappa shape index (κ1) is 23.1. The summed E-state index contributed by atoms with van der Waals surface area (Å²) in [5.41, 5.74) is 0.803. The average molecular weight is 468 g/mol. The fraction of sp³-hybridized carbons (Fsp3) is 0.167. The van der Waals surface area contributed by atoms with Crippen molar-refractivity contribution in [2.45, 2.75) is 18.6 Å². The number of aliphatic imine (C=N–C) groups is 1. The fourth-order valence-corrected chi connectivity index (χ4v) is 3.99. The van der Waals surface area contributed by atoms with Gasteiger partial charge in [0.15, 0.2) is 16.5 Å². The second-order valence-corrected chi connectivity index (χ2v) is 8.19. The van der Waals surface area contributed by atoms with Crippen molar-refractivity contribution in [2.24, 2.45) is 4.99 Å². The molecule has 31 heavy (non-hydrogen) atoms. The molecule has 164 valence electrons. The van der Waals surface area contributed by atoms with E-state index in [0.29, 0.717) is 15.9 Å². The summed E-state index contributed by atoms with van der Waals surface area (Å²) in [6.45, 7) is 1.83. The predicted molar refractivity (Wildman–Crippen MR) is 114 cm³/mol. The lowest BCUT2D eigenvalue weighted by Crippen LogP contribution is -3.00. The summed E-state index contributed by atoms with van der Waals surface area (Å²) in [6.07, 6.45) is -0.227. The molecule has 1 aliphatic rings. The Bertz CT molecular complexity index is 1050. The molecule has 1 heterocycles. The van der Waals surface area contributed by atoms with Gasteiger partial charge in [0, 0.05) is 17.5 Å². The van der Waals surface area contributed by atoms with E-state index in [4.69, 9.17) is 16.8 Å². The van der Waals surface area contributed by atoms with Crippen LogP contribution in [0, 0.1) is 17.3 Å². The number of hydrogen-bond acceptors (Lipinski definition) is 8. The van der Waals surface area contributed by atoms with Gasteiger partial charge in [0.25, 0.3) is 0 Å². The Balaban J connectivity index is 1.68. The Labute approximate surface area is 185 Å². The minimum absolute atomic E-state index is 0.0587. The lowest BCUT2D eigenvalue weighted by molar-refractivity contribution is -0.996. The molecule has 1 aliphatic heterocycles. The lowest BCUT2D eigenvalue weighted by Gasteiger charge is -2.19. The monoisotopic (exact) mass is 467 g/mol. The molecule has 0 saturated carbocycles. The topological polar surface area (TPSA) is 166 Å². The molecule has 0 aliphatic carbocycles. The molecule has 2 aromatic carbocycles. The smallest absolute Gasteiger partial charge is 0.240 e. The van der Waals surface area contributed by atoms with E-state index in [-0.39, 0.29) is 23.5 Å². The van der Waals surface area contributed by atoms with Crippen LogP contribution in [0.25, 0.3) is 0 Å². The number of carbonyl (C=O) groups is 2. The number of thioether (sulfide) groups is 1. The molecule has 11 nitrogen and oxygen atoms in total. The van der Waals surface area contributed by atoms with E-state index in [0.717, 1.165) is 23.4 Å². The van der Waals surface area contributed by atoms with Gasteiger partial charge in [0.05, 0.1) is 11.8 Å². The van der Waals surface area contributed by atoms with Crippen LogP contribution in [0.4, 0.5) is 22.7 Å². The molecule has 3 atom stereocenters. The molecule has 2 aromatic rings. The van der Waals surface area contributed by atoms with Crippen LogP contribution in [0.1, 0.15) is 12.0 Å². The van der Waals surface area contributed by atoms with Crippen molar-refractivity contribution in [2.75, 3.05) is 5.32 Å². The maximum Gasteiger partial charge on any atom is 0.240 e. The van der Waals surface area contributed by atoms with Crippen LogP contribution in [0.2, 0.25) is 5.02 Å². The van der Waals surface area contributed by atoms with Crippen LogP contribution < -0.4 is 21.1 Å². The second-order valence-electron chi connectivity index (χ2n) is 6.57. The van der Waals surface area contributed by atoms with Gasteiger partial charge < -0.3 is 21.0 Å². The number of halogens is 1. The van der Waals surface area contributed by atoms with Crippen LogP contribution in [0.3, 0.4) is 0 Å². The minimum atomic E-state index is -1.39. The number of benzene rings is 2. The van der Waals surface area contributed by atoms with Gasteiger partial charge in [-0.2, -0.15) is 10.5 Å². The van der Waals surface area contributed by atoms with Gasteiger partial charge in [-0.3, -0.25) is 9.59 Å². The number of aryl methyl sites for hydroxylation is 1. The molecule has 6 N–H and O–H groups in total. The van der Waals surface area contributed by atoms with Gasteiger partial charge in [-0.25, -0.2) is 15.4 Å². The van der Waals surface area contributed by atoms with E-state index in [1.165, 1.54) is 12.1 Å². The number of amidine groups is 1. The van der Waals surface area contributed by atoms with Crippen molar-refractivity contribution in [3.63, 3.8) is 0 Å². The maximum atomic E-state index is 12.4. The largest absolute Gasteiger partial charge is 0.595 e. The van der Waals surface area contributed by atoms with Gasteiger partial charge in [0.1, 0.15) is 10.9 Å². The zero-order chi connectivity index (χ0) is 22.7. The van der Waals surface area contributed by atoms with Crippen molar-refractivity contribution >= 4 is 63.1 Å². The number of amides is 2.